The van der Waals surface area contributed by atoms with Gasteiger partial charge in [0.25, 0.3) is 17.4 Å². The second kappa shape index (κ2) is 8.99. The zero-order valence-corrected chi connectivity index (χ0v) is 17.8. The predicted octanol–water partition coefficient (Wildman–Crippen LogP) is 4.29. The zero-order chi connectivity index (χ0) is 22.7. The Bertz CT molecular complexity index is 1360. The van der Waals surface area contributed by atoms with E-state index < -0.39 is 17.4 Å². The summed E-state index contributed by atoms with van der Waals surface area (Å²) in [6.45, 7) is 1.95. The molecule has 0 atom stereocenters. The van der Waals surface area contributed by atoms with Gasteiger partial charge in [-0.3, -0.25) is 25.2 Å². The number of carbonyl (C=O) groups excluding carboxylic acids is 2. The van der Waals surface area contributed by atoms with Crippen molar-refractivity contribution >= 4 is 23.2 Å². The molecule has 8 heteroatoms. The Morgan fingerprint density at radius 1 is 0.875 bits per heavy atom. The number of amides is 2. The summed E-state index contributed by atoms with van der Waals surface area (Å²) in [6, 6.07) is 19.9. The quantitative estimate of drug-likeness (QED) is 0.408. The lowest BCUT2D eigenvalue weighted by molar-refractivity contribution is 0.0848. The Balaban J connectivity index is 1.42. The largest absolute Gasteiger partial charge is 0.321 e. The number of aryl methyl sites for hydroxylation is 1. The summed E-state index contributed by atoms with van der Waals surface area (Å²) < 4.78 is 13.1. The van der Waals surface area contributed by atoms with E-state index in [1.54, 1.807) is 30.3 Å². The maximum absolute atomic E-state index is 13.1. The van der Waals surface area contributed by atoms with Gasteiger partial charge in [-0.2, -0.15) is 0 Å². The van der Waals surface area contributed by atoms with E-state index in [0.29, 0.717) is 10.6 Å². The van der Waals surface area contributed by atoms with Crippen LogP contribution in [0.3, 0.4) is 0 Å². The monoisotopic (exact) mass is 447 g/mol. The first-order valence-corrected chi connectivity index (χ1v) is 10.5. The average molecular weight is 447 g/mol. The van der Waals surface area contributed by atoms with Crippen LogP contribution in [0.15, 0.2) is 77.6 Å². The molecule has 3 N–H and O–H groups in total. The molecular weight excluding hydrogens is 429 g/mol. The van der Waals surface area contributed by atoms with Crippen LogP contribution < -0.4 is 16.4 Å². The number of aromatic amines is 1. The minimum atomic E-state index is -0.731. The van der Waals surface area contributed by atoms with Crippen molar-refractivity contribution in [3.8, 4) is 21.7 Å². The number of hydrazine groups is 1. The molecule has 0 bridgehead atoms. The van der Waals surface area contributed by atoms with Crippen molar-refractivity contribution < 1.29 is 14.0 Å². The van der Waals surface area contributed by atoms with E-state index in [9.17, 15) is 18.8 Å². The Kier molecular flexibility index (Phi) is 5.96. The van der Waals surface area contributed by atoms with Gasteiger partial charge in [0.1, 0.15) is 11.4 Å². The van der Waals surface area contributed by atoms with Gasteiger partial charge in [0.2, 0.25) is 0 Å². The van der Waals surface area contributed by atoms with Crippen LogP contribution in [0, 0.1) is 12.7 Å². The number of benzene rings is 2. The van der Waals surface area contributed by atoms with E-state index >= 15 is 0 Å². The van der Waals surface area contributed by atoms with E-state index in [2.05, 4.69) is 15.8 Å². The SMILES string of the molecule is Cc1cccc(-c2ccc(C(=O)NNC(=O)c3ccc(-c4ccc(F)cc4)s3)c(=O)[nH]2)c1. The number of H-pyrrole nitrogens is 1. The second-order valence-electron chi connectivity index (χ2n) is 7.06. The van der Waals surface area contributed by atoms with Crippen molar-refractivity contribution in [3.05, 3.63) is 105 Å². The minimum absolute atomic E-state index is 0.125. The van der Waals surface area contributed by atoms with Crippen molar-refractivity contribution in [1.82, 2.24) is 15.8 Å². The molecule has 0 radical (unpaired) electrons. The fourth-order valence-electron chi connectivity index (χ4n) is 3.11. The van der Waals surface area contributed by atoms with Crippen molar-refractivity contribution in [2.45, 2.75) is 6.92 Å². The topological polar surface area (TPSA) is 91.1 Å². The molecule has 2 aromatic heterocycles. The highest BCUT2D eigenvalue weighted by atomic mass is 32.1. The number of nitrogens with one attached hydrogen (secondary N) is 3. The lowest BCUT2D eigenvalue weighted by Crippen LogP contribution is -2.43. The molecule has 0 aliphatic heterocycles. The molecule has 2 amide bonds. The number of aromatic nitrogens is 1. The molecule has 4 rings (SSSR count). The van der Waals surface area contributed by atoms with Crippen LogP contribution in [0.2, 0.25) is 0 Å². The number of hydrogen-bond acceptors (Lipinski definition) is 4. The van der Waals surface area contributed by atoms with Crippen LogP contribution in [0.25, 0.3) is 21.7 Å². The minimum Gasteiger partial charge on any atom is -0.321 e. The van der Waals surface area contributed by atoms with Crippen LogP contribution in [0.1, 0.15) is 25.6 Å². The van der Waals surface area contributed by atoms with Crippen molar-refractivity contribution in [1.29, 1.82) is 0 Å². The summed E-state index contributed by atoms with van der Waals surface area (Å²) in [5.41, 5.74) is 7.13. The molecule has 0 aliphatic carbocycles. The highest BCUT2D eigenvalue weighted by molar-refractivity contribution is 7.17. The number of pyridine rings is 1. The fourth-order valence-corrected chi connectivity index (χ4v) is 4.01. The maximum Gasteiger partial charge on any atom is 0.279 e. The average Bonchev–Trinajstić information content (AvgIpc) is 3.28. The van der Waals surface area contributed by atoms with E-state index in [1.807, 2.05) is 31.2 Å². The molecule has 2 aromatic carbocycles. The van der Waals surface area contributed by atoms with Gasteiger partial charge in [0, 0.05) is 10.6 Å². The molecule has 4 aromatic rings. The molecule has 0 spiro atoms. The number of thiophene rings is 1. The normalized spacial score (nSPS) is 10.6. The highest BCUT2D eigenvalue weighted by Gasteiger charge is 2.15. The molecule has 0 saturated heterocycles. The molecule has 6 nitrogen and oxygen atoms in total. The second-order valence-corrected chi connectivity index (χ2v) is 8.15. The van der Waals surface area contributed by atoms with Gasteiger partial charge in [0.15, 0.2) is 0 Å². The molecule has 2 heterocycles. The van der Waals surface area contributed by atoms with E-state index in [4.69, 9.17) is 0 Å². The molecule has 0 saturated carbocycles. The fraction of sp³-hybridized carbons (Fsp3) is 0.0417. The standard InChI is InChI=1S/C24H18FN3O3S/c1-14-3-2-4-16(13-14)19-10-9-18(22(29)26-19)23(30)27-28-24(31)21-12-11-20(32-21)15-5-7-17(25)8-6-15/h2-13H,1H3,(H,26,29)(H,27,30)(H,28,31). The van der Waals surface area contributed by atoms with Crippen molar-refractivity contribution in [2.24, 2.45) is 0 Å². The number of halogens is 1. The molecule has 0 unspecified atom stereocenters. The Morgan fingerprint density at radius 2 is 1.62 bits per heavy atom. The lowest BCUT2D eigenvalue weighted by Gasteiger charge is -2.07. The van der Waals surface area contributed by atoms with Gasteiger partial charge >= 0.3 is 0 Å². The van der Waals surface area contributed by atoms with Gasteiger partial charge in [-0.25, -0.2) is 4.39 Å². The van der Waals surface area contributed by atoms with Crippen LogP contribution in [-0.4, -0.2) is 16.8 Å². The summed E-state index contributed by atoms with van der Waals surface area (Å²) in [5.74, 6) is -1.59. The molecule has 32 heavy (non-hydrogen) atoms. The summed E-state index contributed by atoms with van der Waals surface area (Å²) >= 11 is 1.20. The Labute approximate surface area is 186 Å². The summed E-state index contributed by atoms with van der Waals surface area (Å²) in [5, 5.41) is 0. The maximum atomic E-state index is 13.1. The number of rotatable bonds is 4. The van der Waals surface area contributed by atoms with Gasteiger partial charge in [-0.1, -0.05) is 35.9 Å². The van der Waals surface area contributed by atoms with Gasteiger partial charge < -0.3 is 4.98 Å². The molecule has 0 aliphatic rings. The smallest absolute Gasteiger partial charge is 0.279 e. The first kappa shape index (κ1) is 21.2. The van der Waals surface area contributed by atoms with E-state index in [1.165, 1.54) is 29.5 Å². The molecular formula is C24H18FN3O3S. The third-order valence-corrected chi connectivity index (χ3v) is 5.86. The first-order chi connectivity index (χ1) is 15.4. The van der Waals surface area contributed by atoms with E-state index in [-0.39, 0.29) is 11.4 Å². The number of hydrogen-bond donors (Lipinski definition) is 3. The molecule has 0 fully saturated rings. The lowest BCUT2D eigenvalue weighted by atomic mass is 10.1. The van der Waals surface area contributed by atoms with Crippen molar-refractivity contribution in [3.63, 3.8) is 0 Å². The van der Waals surface area contributed by atoms with Crippen molar-refractivity contribution in [2.75, 3.05) is 0 Å². The third kappa shape index (κ3) is 4.65. The summed E-state index contributed by atoms with van der Waals surface area (Å²) in [4.78, 5) is 41.0. The Hall–Kier alpha value is -4.04. The van der Waals surface area contributed by atoms with Gasteiger partial charge in [-0.15, -0.1) is 11.3 Å². The van der Waals surface area contributed by atoms with Crippen LogP contribution in [-0.2, 0) is 0 Å². The van der Waals surface area contributed by atoms with E-state index in [0.717, 1.165) is 21.6 Å². The van der Waals surface area contributed by atoms with Gasteiger partial charge in [0.05, 0.1) is 4.88 Å². The first-order valence-electron chi connectivity index (χ1n) is 9.67. The highest BCUT2D eigenvalue weighted by Crippen LogP contribution is 2.28. The Morgan fingerprint density at radius 3 is 2.34 bits per heavy atom. The van der Waals surface area contributed by atoms with Crippen LogP contribution >= 0.6 is 11.3 Å². The molecule has 160 valence electrons. The predicted molar refractivity (Wildman–Crippen MR) is 122 cm³/mol. The van der Waals surface area contributed by atoms with Gasteiger partial charge in [-0.05, 0) is 60.5 Å². The van der Waals surface area contributed by atoms with Crippen LogP contribution in [0.5, 0.6) is 0 Å². The summed E-state index contributed by atoms with van der Waals surface area (Å²) in [7, 11) is 0. The number of carbonyl (C=O) groups is 2. The summed E-state index contributed by atoms with van der Waals surface area (Å²) in [6.07, 6.45) is 0. The zero-order valence-electron chi connectivity index (χ0n) is 16.9. The third-order valence-electron chi connectivity index (χ3n) is 4.73. The van der Waals surface area contributed by atoms with Crippen LogP contribution in [0.4, 0.5) is 4.39 Å².